The minimum atomic E-state index is -0.137. The number of nitrogens with two attached hydrogens (primary N) is 1. The molecule has 132 valence electrons. The number of amides is 1. The maximum absolute atomic E-state index is 13.1. The summed E-state index contributed by atoms with van der Waals surface area (Å²) < 4.78 is 6.02. The molecular formula is C19H24N4O2. The lowest BCUT2D eigenvalue weighted by Gasteiger charge is -2.42. The number of carbonyl (C=O) groups excluding carboxylic acids is 1. The third-order valence-corrected chi connectivity index (χ3v) is 4.33. The van der Waals surface area contributed by atoms with Crippen molar-refractivity contribution < 1.29 is 9.53 Å². The highest BCUT2D eigenvalue weighted by atomic mass is 16.5. The van der Waals surface area contributed by atoms with Gasteiger partial charge in [0.05, 0.1) is 24.3 Å². The Balaban J connectivity index is 1.94. The van der Waals surface area contributed by atoms with Crippen LogP contribution in [0.2, 0.25) is 0 Å². The van der Waals surface area contributed by atoms with E-state index in [2.05, 4.69) is 9.88 Å². The smallest absolute Gasteiger partial charge is 0.256 e. The number of likely N-dealkylation sites (N-methyl/N-ethyl adjacent to an activating group) is 1. The highest BCUT2D eigenvalue weighted by molar-refractivity contribution is 5.94. The van der Waals surface area contributed by atoms with Gasteiger partial charge in [-0.05, 0) is 31.8 Å². The van der Waals surface area contributed by atoms with Crippen molar-refractivity contribution in [1.29, 1.82) is 0 Å². The number of hydrogen-bond acceptors (Lipinski definition) is 5. The lowest BCUT2D eigenvalue weighted by molar-refractivity contribution is -0.0684. The molecular weight excluding hydrogens is 316 g/mol. The fourth-order valence-corrected chi connectivity index (χ4v) is 3.22. The number of rotatable bonds is 4. The summed E-state index contributed by atoms with van der Waals surface area (Å²) in [6.45, 7) is 1.81. The summed E-state index contributed by atoms with van der Waals surface area (Å²) in [6, 6.07) is 13.3. The summed E-state index contributed by atoms with van der Waals surface area (Å²) in [5, 5.41) is 0. The van der Waals surface area contributed by atoms with E-state index in [0.29, 0.717) is 24.5 Å². The van der Waals surface area contributed by atoms with Crippen LogP contribution in [0.3, 0.4) is 0 Å². The zero-order valence-corrected chi connectivity index (χ0v) is 14.6. The molecule has 1 aromatic carbocycles. The Morgan fingerprint density at radius 1 is 1.28 bits per heavy atom. The van der Waals surface area contributed by atoms with Crippen molar-refractivity contribution >= 4 is 11.7 Å². The molecule has 1 saturated heterocycles. The van der Waals surface area contributed by atoms with Gasteiger partial charge in [0, 0.05) is 19.3 Å². The molecule has 6 nitrogen and oxygen atoms in total. The standard InChI is InChI=1S/C19H24N4O2/c1-22(2)13-16-18(14-6-4-3-5-7-14)23(10-11-25-16)19(24)15-8-9-17(20)21-12-15/h3-9,12,16,18H,10-11,13H2,1-2H3,(H2,20,21)/t16-,18-/m0/s1. The quantitative estimate of drug-likeness (QED) is 0.919. The van der Waals surface area contributed by atoms with Crippen LogP contribution < -0.4 is 5.73 Å². The first-order valence-electron chi connectivity index (χ1n) is 8.40. The van der Waals surface area contributed by atoms with Gasteiger partial charge in [0.1, 0.15) is 5.82 Å². The summed E-state index contributed by atoms with van der Waals surface area (Å²) in [5.41, 5.74) is 7.26. The fourth-order valence-electron chi connectivity index (χ4n) is 3.22. The molecule has 1 aromatic heterocycles. The van der Waals surface area contributed by atoms with Crippen molar-refractivity contribution in [2.75, 3.05) is 39.5 Å². The van der Waals surface area contributed by atoms with Crippen LogP contribution in [-0.2, 0) is 4.74 Å². The summed E-state index contributed by atoms with van der Waals surface area (Å²) in [4.78, 5) is 21.1. The molecule has 1 fully saturated rings. The van der Waals surface area contributed by atoms with Gasteiger partial charge in [0.2, 0.25) is 0 Å². The molecule has 1 aliphatic rings. The number of anilines is 1. The molecule has 0 spiro atoms. The largest absolute Gasteiger partial charge is 0.384 e. The molecule has 0 unspecified atom stereocenters. The van der Waals surface area contributed by atoms with Crippen molar-refractivity contribution in [1.82, 2.24) is 14.8 Å². The van der Waals surface area contributed by atoms with Crippen LogP contribution in [0.1, 0.15) is 22.0 Å². The number of aromatic nitrogens is 1. The zero-order valence-electron chi connectivity index (χ0n) is 14.6. The molecule has 2 N–H and O–H groups in total. The normalized spacial score (nSPS) is 20.7. The van der Waals surface area contributed by atoms with E-state index in [-0.39, 0.29) is 18.1 Å². The highest BCUT2D eigenvalue weighted by Crippen LogP contribution is 2.31. The third kappa shape index (κ3) is 3.97. The Morgan fingerprint density at radius 3 is 2.68 bits per heavy atom. The second-order valence-electron chi connectivity index (χ2n) is 6.50. The van der Waals surface area contributed by atoms with E-state index in [1.54, 1.807) is 12.1 Å². The lowest BCUT2D eigenvalue weighted by Crippen LogP contribution is -2.51. The highest BCUT2D eigenvalue weighted by Gasteiger charge is 2.37. The lowest BCUT2D eigenvalue weighted by atomic mass is 9.96. The van der Waals surface area contributed by atoms with E-state index in [1.807, 2.05) is 49.3 Å². The van der Waals surface area contributed by atoms with Crippen molar-refractivity contribution in [3.05, 3.63) is 59.8 Å². The monoisotopic (exact) mass is 340 g/mol. The number of pyridine rings is 1. The number of carbonyl (C=O) groups is 1. The number of nitrogens with zero attached hydrogens (tertiary/aromatic N) is 3. The van der Waals surface area contributed by atoms with Gasteiger partial charge < -0.3 is 20.3 Å². The maximum Gasteiger partial charge on any atom is 0.256 e. The summed E-state index contributed by atoms with van der Waals surface area (Å²) >= 11 is 0. The molecule has 0 aliphatic carbocycles. The van der Waals surface area contributed by atoms with Crippen LogP contribution in [0.15, 0.2) is 48.7 Å². The van der Waals surface area contributed by atoms with Crippen molar-refractivity contribution in [2.45, 2.75) is 12.1 Å². The van der Waals surface area contributed by atoms with Crippen LogP contribution in [-0.4, -0.2) is 60.6 Å². The third-order valence-electron chi connectivity index (χ3n) is 4.33. The minimum Gasteiger partial charge on any atom is -0.384 e. The van der Waals surface area contributed by atoms with E-state index >= 15 is 0 Å². The second-order valence-corrected chi connectivity index (χ2v) is 6.50. The summed E-state index contributed by atoms with van der Waals surface area (Å²) in [7, 11) is 4.02. The molecule has 1 aliphatic heterocycles. The van der Waals surface area contributed by atoms with Crippen LogP contribution >= 0.6 is 0 Å². The van der Waals surface area contributed by atoms with Gasteiger partial charge in [0.25, 0.3) is 5.91 Å². The van der Waals surface area contributed by atoms with Gasteiger partial charge in [0.15, 0.2) is 0 Å². The number of benzene rings is 1. The molecule has 2 aromatic rings. The Hall–Kier alpha value is -2.44. The van der Waals surface area contributed by atoms with Gasteiger partial charge in [-0.1, -0.05) is 30.3 Å². The SMILES string of the molecule is CN(C)C[C@@H]1OCCN(C(=O)c2ccc(N)nc2)[C@H]1c1ccccc1. The average Bonchev–Trinajstić information content (AvgIpc) is 2.62. The van der Waals surface area contributed by atoms with Crippen LogP contribution in [0.25, 0.3) is 0 Å². The first-order valence-corrected chi connectivity index (χ1v) is 8.40. The van der Waals surface area contributed by atoms with Gasteiger partial charge in [-0.3, -0.25) is 4.79 Å². The second kappa shape index (κ2) is 7.63. The molecule has 0 bridgehead atoms. The number of morpholine rings is 1. The van der Waals surface area contributed by atoms with E-state index < -0.39 is 0 Å². The van der Waals surface area contributed by atoms with E-state index in [4.69, 9.17) is 10.5 Å². The molecule has 1 amide bonds. The number of nitrogen functional groups attached to an aromatic ring is 1. The topological polar surface area (TPSA) is 71.7 Å². The Labute approximate surface area is 148 Å². The van der Waals surface area contributed by atoms with E-state index in [0.717, 1.165) is 12.1 Å². The fraction of sp³-hybridized carbons (Fsp3) is 0.368. The van der Waals surface area contributed by atoms with Gasteiger partial charge in [-0.25, -0.2) is 4.98 Å². The van der Waals surface area contributed by atoms with Crippen molar-refractivity contribution in [2.24, 2.45) is 0 Å². The Morgan fingerprint density at radius 2 is 2.04 bits per heavy atom. The van der Waals surface area contributed by atoms with Crippen molar-refractivity contribution in [3.63, 3.8) is 0 Å². The summed E-state index contributed by atoms with van der Waals surface area (Å²) in [5.74, 6) is 0.358. The molecule has 2 heterocycles. The Bertz CT molecular complexity index is 703. The Kier molecular flexibility index (Phi) is 5.31. The average molecular weight is 340 g/mol. The minimum absolute atomic E-state index is 0.0478. The first kappa shape index (κ1) is 17.4. The summed E-state index contributed by atoms with van der Waals surface area (Å²) in [6.07, 6.45) is 1.45. The predicted octanol–water partition coefficient (Wildman–Crippen LogP) is 1.81. The zero-order chi connectivity index (χ0) is 17.8. The maximum atomic E-state index is 13.1. The van der Waals surface area contributed by atoms with Gasteiger partial charge in [-0.2, -0.15) is 0 Å². The van der Waals surface area contributed by atoms with Crippen LogP contribution in [0, 0.1) is 0 Å². The van der Waals surface area contributed by atoms with Crippen LogP contribution in [0.5, 0.6) is 0 Å². The molecule has 6 heteroatoms. The van der Waals surface area contributed by atoms with Crippen molar-refractivity contribution in [3.8, 4) is 0 Å². The van der Waals surface area contributed by atoms with Gasteiger partial charge in [-0.15, -0.1) is 0 Å². The number of hydrogen-bond donors (Lipinski definition) is 1. The molecule has 0 saturated carbocycles. The molecule has 0 radical (unpaired) electrons. The molecule has 25 heavy (non-hydrogen) atoms. The van der Waals surface area contributed by atoms with Crippen LogP contribution in [0.4, 0.5) is 5.82 Å². The van der Waals surface area contributed by atoms with E-state index in [9.17, 15) is 4.79 Å². The predicted molar refractivity (Wildman–Crippen MR) is 97.2 cm³/mol. The number of ether oxygens (including phenoxy) is 1. The first-order chi connectivity index (χ1) is 12.1. The molecule has 2 atom stereocenters. The van der Waals surface area contributed by atoms with E-state index in [1.165, 1.54) is 6.20 Å². The van der Waals surface area contributed by atoms with Gasteiger partial charge >= 0.3 is 0 Å². The molecule has 3 rings (SSSR count).